The molecule has 0 aliphatic carbocycles. The Hall–Kier alpha value is -3.33. The second kappa shape index (κ2) is 9.66. The molecule has 0 fully saturated rings. The van der Waals surface area contributed by atoms with Gasteiger partial charge >= 0.3 is 0 Å². The van der Waals surface area contributed by atoms with Crippen LogP contribution >= 0.6 is 0 Å². The van der Waals surface area contributed by atoms with Crippen LogP contribution in [0, 0.1) is 0 Å². The van der Waals surface area contributed by atoms with Gasteiger partial charge in [0, 0.05) is 42.5 Å². The summed E-state index contributed by atoms with van der Waals surface area (Å²) in [4.78, 5) is 33.1. The largest absolute Gasteiger partial charge is 0.387 e. The van der Waals surface area contributed by atoms with Crippen molar-refractivity contribution in [3.8, 4) is 5.82 Å². The maximum Gasteiger partial charge on any atom is 0.255 e. The molecule has 3 rings (SSSR count). The van der Waals surface area contributed by atoms with Crippen molar-refractivity contribution in [1.82, 2.24) is 19.9 Å². The Labute approximate surface area is 192 Å². The summed E-state index contributed by atoms with van der Waals surface area (Å²) in [6, 6.07) is 5.58. The van der Waals surface area contributed by atoms with Crippen molar-refractivity contribution in [1.29, 1.82) is 0 Å². The lowest BCUT2D eigenvalue weighted by Crippen LogP contribution is -2.42. The highest BCUT2D eigenvalue weighted by atomic mass is 19.1. The minimum atomic E-state index is -1.61. The Morgan fingerprint density at radius 3 is 2.58 bits per heavy atom. The minimum Gasteiger partial charge on any atom is -0.387 e. The van der Waals surface area contributed by atoms with E-state index in [-0.39, 0.29) is 23.9 Å². The van der Waals surface area contributed by atoms with E-state index in [1.165, 1.54) is 20.0 Å². The van der Waals surface area contributed by atoms with E-state index in [9.17, 15) is 19.1 Å². The molecule has 9 heteroatoms. The quantitative estimate of drug-likeness (QED) is 0.457. The molecular weight excluding hydrogens is 425 g/mol. The monoisotopic (exact) mass is 455 g/mol. The van der Waals surface area contributed by atoms with Crippen LogP contribution in [-0.4, -0.2) is 55.7 Å². The Morgan fingerprint density at radius 2 is 1.94 bits per heavy atom. The molecule has 3 aromatic heterocycles. The van der Waals surface area contributed by atoms with Crippen molar-refractivity contribution in [3.05, 3.63) is 47.9 Å². The van der Waals surface area contributed by atoms with Gasteiger partial charge in [-0.25, -0.2) is 14.4 Å². The SMILES string of the molecule is CC(=O)Cc1cnc2c(ccn2-c2cc(NC(C)C)c(C(=O)NC[C@@H](F)C(C)(C)O)cn2)c1. The third kappa shape index (κ3) is 5.92. The number of carbonyl (C=O) groups excluding carboxylic acids is 2. The maximum absolute atomic E-state index is 14.1. The number of Topliss-reactive ketones (excluding diaryl/α,β-unsaturated/α-hetero) is 1. The van der Waals surface area contributed by atoms with Crippen LogP contribution in [0.25, 0.3) is 16.9 Å². The van der Waals surface area contributed by atoms with Gasteiger partial charge in [0.1, 0.15) is 23.4 Å². The van der Waals surface area contributed by atoms with Crippen LogP contribution in [0.3, 0.4) is 0 Å². The third-order valence-corrected chi connectivity index (χ3v) is 5.07. The summed E-state index contributed by atoms with van der Waals surface area (Å²) < 4.78 is 15.9. The lowest BCUT2D eigenvalue weighted by Gasteiger charge is -2.23. The van der Waals surface area contributed by atoms with E-state index in [4.69, 9.17) is 0 Å². The van der Waals surface area contributed by atoms with Gasteiger partial charge in [0.15, 0.2) is 0 Å². The fraction of sp³-hybridized carbons (Fsp3) is 0.417. The normalized spacial score (nSPS) is 12.7. The van der Waals surface area contributed by atoms with Crippen LogP contribution in [0.2, 0.25) is 0 Å². The number of carbonyl (C=O) groups is 2. The highest BCUT2D eigenvalue weighted by Crippen LogP contribution is 2.24. The number of nitrogens with one attached hydrogen (secondary N) is 2. The molecule has 0 radical (unpaired) electrons. The van der Waals surface area contributed by atoms with E-state index in [0.29, 0.717) is 23.6 Å². The van der Waals surface area contributed by atoms with Crippen molar-refractivity contribution in [2.24, 2.45) is 0 Å². The number of fused-ring (bicyclic) bond motifs is 1. The molecule has 3 heterocycles. The van der Waals surface area contributed by atoms with Gasteiger partial charge in [-0.1, -0.05) is 0 Å². The number of amides is 1. The number of halogens is 1. The zero-order valence-electron chi connectivity index (χ0n) is 19.5. The smallest absolute Gasteiger partial charge is 0.255 e. The Morgan fingerprint density at radius 1 is 1.21 bits per heavy atom. The molecule has 1 atom stereocenters. The van der Waals surface area contributed by atoms with E-state index in [2.05, 4.69) is 20.6 Å². The molecule has 176 valence electrons. The molecular formula is C24H30FN5O3. The first-order chi connectivity index (χ1) is 15.5. The van der Waals surface area contributed by atoms with Gasteiger partial charge in [0.05, 0.1) is 23.4 Å². The van der Waals surface area contributed by atoms with Crippen molar-refractivity contribution >= 4 is 28.4 Å². The number of alkyl halides is 1. The van der Waals surface area contributed by atoms with Crippen LogP contribution in [0.5, 0.6) is 0 Å². The fourth-order valence-corrected chi connectivity index (χ4v) is 3.35. The molecule has 0 saturated heterocycles. The average Bonchev–Trinajstić information content (AvgIpc) is 3.13. The van der Waals surface area contributed by atoms with Gasteiger partial charge in [-0.3, -0.25) is 14.2 Å². The Kier molecular flexibility index (Phi) is 7.12. The van der Waals surface area contributed by atoms with Crippen LogP contribution in [0.1, 0.15) is 50.5 Å². The summed E-state index contributed by atoms with van der Waals surface area (Å²) in [6.45, 7) is 7.81. The lowest BCUT2D eigenvalue weighted by atomic mass is 10.0. The maximum atomic E-state index is 14.1. The van der Waals surface area contributed by atoms with E-state index in [1.54, 1.807) is 23.8 Å². The van der Waals surface area contributed by atoms with Gasteiger partial charge in [0.2, 0.25) is 0 Å². The Balaban J connectivity index is 1.92. The van der Waals surface area contributed by atoms with Crippen molar-refractivity contribution < 1.29 is 19.1 Å². The molecule has 0 aliphatic heterocycles. The number of pyridine rings is 2. The highest BCUT2D eigenvalue weighted by Gasteiger charge is 2.27. The summed E-state index contributed by atoms with van der Waals surface area (Å²) in [5.41, 5.74) is 0.770. The molecule has 0 spiro atoms. The summed E-state index contributed by atoms with van der Waals surface area (Å²) in [6.07, 6.45) is 3.65. The van der Waals surface area contributed by atoms with Crippen molar-refractivity contribution in [3.63, 3.8) is 0 Å². The van der Waals surface area contributed by atoms with E-state index >= 15 is 0 Å². The zero-order chi connectivity index (χ0) is 24.3. The molecule has 0 aliphatic rings. The van der Waals surface area contributed by atoms with Crippen LogP contribution in [0.15, 0.2) is 36.8 Å². The van der Waals surface area contributed by atoms with Gasteiger partial charge in [-0.2, -0.15) is 0 Å². The molecule has 3 N–H and O–H groups in total. The molecule has 0 unspecified atom stereocenters. The van der Waals surface area contributed by atoms with Crippen molar-refractivity contribution in [2.75, 3.05) is 11.9 Å². The number of aromatic nitrogens is 3. The van der Waals surface area contributed by atoms with Crippen LogP contribution in [0.4, 0.5) is 10.1 Å². The predicted octanol–water partition coefficient (Wildman–Crippen LogP) is 3.21. The number of anilines is 1. The topological polar surface area (TPSA) is 109 Å². The first-order valence-corrected chi connectivity index (χ1v) is 10.8. The van der Waals surface area contributed by atoms with Gasteiger partial charge in [-0.05, 0) is 52.3 Å². The molecule has 0 bridgehead atoms. The summed E-state index contributed by atoms with van der Waals surface area (Å²) in [7, 11) is 0. The summed E-state index contributed by atoms with van der Waals surface area (Å²) >= 11 is 0. The first-order valence-electron chi connectivity index (χ1n) is 10.8. The van der Waals surface area contributed by atoms with E-state index < -0.39 is 17.7 Å². The number of ketones is 1. The first kappa shape index (κ1) is 24.3. The standard InChI is InChI=1S/C24H30FN5O3/c1-14(2)29-19-10-21(26-12-18(19)23(32)28-13-20(25)24(4,5)33)30-7-6-17-9-16(8-15(3)31)11-27-22(17)30/h6-7,9-12,14,20,33H,8,13H2,1-5H3,(H,26,29)(H,28,32)/t20-/m1/s1. The lowest BCUT2D eigenvalue weighted by molar-refractivity contribution is -0.116. The second-order valence-electron chi connectivity index (χ2n) is 9.04. The van der Waals surface area contributed by atoms with Crippen molar-refractivity contribution in [2.45, 2.75) is 58.9 Å². The van der Waals surface area contributed by atoms with E-state index in [1.807, 2.05) is 32.2 Å². The third-order valence-electron chi connectivity index (χ3n) is 5.07. The average molecular weight is 456 g/mol. The van der Waals surface area contributed by atoms with Crippen LogP contribution < -0.4 is 10.6 Å². The number of aliphatic hydroxyl groups is 1. The van der Waals surface area contributed by atoms with E-state index in [0.717, 1.165) is 10.9 Å². The fourth-order valence-electron chi connectivity index (χ4n) is 3.35. The number of hydrogen-bond acceptors (Lipinski definition) is 6. The van der Waals surface area contributed by atoms with Gasteiger partial charge < -0.3 is 15.7 Å². The summed E-state index contributed by atoms with van der Waals surface area (Å²) in [5, 5.41) is 16.4. The molecule has 0 saturated carbocycles. The summed E-state index contributed by atoms with van der Waals surface area (Å²) in [5.74, 6) is 0.127. The number of nitrogens with zero attached hydrogens (tertiary/aromatic N) is 3. The zero-order valence-corrected chi connectivity index (χ0v) is 19.5. The molecule has 33 heavy (non-hydrogen) atoms. The molecule has 1 amide bonds. The Bertz CT molecular complexity index is 1170. The van der Waals surface area contributed by atoms with Gasteiger partial charge in [-0.15, -0.1) is 0 Å². The van der Waals surface area contributed by atoms with Gasteiger partial charge in [0.25, 0.3) is 5.91 Å². The molecule has 8 nitrogen and oxygen atoms in total. The predicted molar refractivity (Wildman–Crippen MR) is 126 cm³/mol. The number of hydrogen-bond donors (Lipinski definition) is 3. The van der Waals surface area contributed by atoms with Crippen LogP contribution in [-0.2, 0) is 11.2 Å². The highest BCUT2D eigenvalue weighted by molar-refractivity contribution is 5.99. The molecule has 0 aromatic carbocycles. The number of rotatable bonds is 9. The second-order valence-corrected chi connectivity index (χ2v) is 9.04. The molecule has 3 aromatic rings. The minimum absolute atomic E-state index is 0.0331.